The number of rotatable bonds is 5. The number of hydrogen-bond acceptors (Lipinski definition) is 2. The number of benzene rings is 2. The van der Waals surface area contributed by atoms with Crippen molar-refractivity contribution in [2.45, 2.75) is 13.2 Å². The van der Waals surface area contributed by atoms with Gasteiger partial charge in [-0.25, -0.2) is 0 Å². The first-order chi connectivity index (χ1) is 9.20. The van der Waals surface area contributed by atoms with Gasteiger partial charge in [0.05, 0.1) is 22.3 Å². The number of para-hydroxylation sites is 1. The first-order valence-electron chi connectivity index (χ1n) is 5.95. The topological polar surface area (TPSA) is 21.3 Å². The number of hydrogen-bond donors (Lipinski definition) is 1. The number of anilines is 1. The van der Waals surface area contributed by atoms with Gasteiger partial charge in [-0.15, -0.1) is 0 Å². The molecule has 0 aliphatic carbocycles. The molecule has 0 atom stereocenters. The van der Waals surface area contributed by atoms with Crippen LogP contribution in [-0.4, -0.2) is 7.11 Å². The molecule has 0 saturated carbocycles. The van der Waals surface area contributed by atoms with E-state index in [4.69, 9.17) is 27.9 Å². The molecule has 2 aromatic rings. The number of nitrogens with one attached hydrogen (secondary N) is 1. The fraction of sp³-hybridized carbons (Fsp3) is 0.200. The van der Waals surface area contributed by atoms with Crippen LogP contribution < -0.4 is 5.32 Å². The second-order valence-electron chi connectivity index (χ2n) is 4.20. The summed E-state index contributed by atoms with van der Waals surface area (Å²) in [5.41, 5.74) is 3.07. The van der Waals surface area contributed by atoms with E-state index in [9.17, 15) is 0 Å². The Bertz CT molecular complexity index is 537. The van der Waals surface area contributed by atoms with Crippen LogP contribution in [0.2, 0.25) is 10.0 Å². The van der Waals surface area contributed by atoms with Crippen LogP contribution in [-0.2, 0) is 17.9 Å². The minimum Gasteiger partial charge on any atom is -0.380 e. The largest absolute Gasteiger partial charge is 0.380 e. The summed E-state index contributed by atoms with van der Waals surface area (Å²) in [5.74, 6) is 0. The van der Waals surface area contributed by atoms with Gasteiger partial charge in [-0.3, -0.25) is 0 Å². The molecule has 2 rings (SSSR count). The fourth-order valence-corrected chi connectivity index (χ4v) is 2.38. The number of ether oxygens (including phenoxy) is 1. The van der Waals surface area contributed by atoms with Crippen LogP contribution in [0.25, 0.3) is 0 Å². The maximum atomic E-state index is 6.11. The highest BCUT2D eigenvalue weighted by Gasteiger charge is 2.04. The molecule has 0 radical (unpaired) electrons. The van der Waals surface area contributed by atoms with Gasteiger partial charge in [-0.1, -0.05) is 53.5 Å². The van der Waals surface area contributed by atoms with E-state index >= 15 is 0 Å². The molecule has 2 aromatic carbocycles. The smallest absolute Gasteiger partial charge is 0.0721 e. The lowest BCUT2D eigenvalue weighted by molar-refractivity contribution is 0.185. The van der Waals surface area contributed by atoms with E-state index in [2.05, 4.69) is 17.4 Å². The Balaban J connectivity index is 2.08. The third kappa shape index (κ3) is 3.87. The van der Waals surface area contributed by atoms with Crippen molar-refractivity contribution in [2.24, 2.45) is 0 Å². The Labute approximate surface area is 123 Å². The van der Waals surface area contributed by atoms with Gasteiger partial charge >= 0.3 is 0 Å². The van der Waals surface area contributed by atoms with Crippen molar-refractivity contribution >= 4 is 28.9 Å². The summed E-state index contributed by atoms with van der Waals surface area (Å²) < 4.78 is 5.12. The Hall–Kier alpha value is -1.22. The molecule has 4 heteroatoms. The van der Waals surface area contributed by atoms with Crippen molar-refractivity contribution in [3.63, 3.8) is 0 Å². The molecule has 0 bridgehead atoms. The molecule has 0 unspecified atom stereocenters. The molecule has 0 fully saturated rings. The molecular formula is C15H15Cl2NO. The Morgan fingerprint density at radius 1 is 1.00 bits per heavy atom. The zero-order chi connectivity index (χ0) is 13.7. The Kier molecular flexibility index (Phi) is 5.08. The molecule has 2 nitrogen and oxygen atoms in total. The molecule has 100 valence electrons. The average molecular weight is 296 g/mol. The van der Waals surface area contributed by atoms with Crippen molar-refractivity contribution in [3.05, 3.63) is 63.6 Å². The zero-order valence-corrected chi connectivity index (χ0v) is 12.1. The first-order valence-corrected chi connectivity index (χ1v) is 6.71. The average Bonchev–Trinajstić information content (AvgIpc) is 2.39. The lowest BCUT2D eigenvalue weighted by Gasteiger charge is -2.11. The minimum absolute atomic E-state index is 0.612. The van der Waals surface area contributed by atoms with E-state index in [1.54, 1.807) is 7.11 Å². The summed E-state index contributed by atoms with van der Waals surface area (Å²) in [6.45, 7) is 1.28. The van der Waals surface area contributed by atoms with E-state index in [0.717, 1.165) is 16.8 Å². The van der Waals surface area contributed by atoms with Gasteiger partial charge < -0.3 is 10.1 Å². The summed E-state index contributed by atoms with van der Waals surface area (Å²) in [4.78, 5) is 0. The van der Waals surface area contributed by atoms with Crippen molar-refractivity contribution in [3.8, 4) is 0 Å². The molecule has 0 aliphatic heterocycles. The zero-order valence-electron chi connectivity index (χ0n) is 10.6. The van der Waals surface area contributed by atoms with Crippen molar-refractivity contribution in [2.75, 3.05) is 12.4 Å². The van der Waals surface area contributed by atoms with Gasteiger partial charge in [0.1, 0.15) is 0 Å². The van der Waals surface area contributed by atoms with Gasteiger partial charge in [-0.2, -0.15) is 0 Å². The maximum Gasteiger partial charge on any atom is 0.0721 e. The molecule has 0 amide bonds. The van der Waals surface area contributed by atoms with Gasteiger partial charge in [0.25, 0.3) is 0 Å². The monoisotopic (exact) mass is 295 g/mol. The normalized spacial score (nSPS) is 10.5. The van der Waals surface area contributed by atoms with Crippen LogP contribution in [0.3, 0.4) is 0 Å². The third-order valence-electron chi connectivity index (χ3n) is 2.73. The molecule has 0 aromatic heterocycles. The third-order valence-corrected chi connectivity index (χ3v) is 3.36. The molecular weight excluding hydrogens is 281 g/mol. The van der Waals surface area contributed by atoms with Crippen LogP contribution in [0.4, 0.5) is 5.69 Å². The van der Waals surface area contributed by atoms with E-state index in [-0.39, 0.29) is 0 Å². The standard InChI is InChI=1S/C15H15Cl2NO/c1-19-10-12-5-2-4-11(8-12)9-18-15-13(16)6-3-7-14(15)17/h2-8,18H,9-10H2,1H3. The molecule has 19 heavy (non-hydrogen) atoms. The summed E-state index contributed by atoms with van der Waals surface area (Å²) in [6, 6.07) is 13.7. The van der Waals surface area contributed by atoms with Gasteiger partial charge in [0.15, 0.2) is 0 Å². The minimum atomic E-state index is 0.612. The Morgan fingerprint density at radius 2 is 1.63 bits per heavy atom. The first kappa shape index (κ1) is 14.2. The molecule has 0 heterocycles. The van der Waals surface area contributed by atoms with Crippen molar-refractivity contribution < 1.29 is 4.74 Å². The second-order valence-corrected chi connectivity index (χ2v) is 5.02. The summed E-state index contributed by atoms with van der Waals surface area (Å²) in [7, 11) is 1.69. The quantitative estimate of drug-likeness (QED) is 0.859. The highest BCUT2D eigenvalue weighted by atomic mass is 35.5. The number of halogens is 2. The predicted molar refractivity (Wildman–Crippen MR) is 80.9 cm³/mol. The fourth-order valence-electron chi connectivity index (χ4n) is 1.85. The van der Waals surface area contributed by atoms with Gasteiger partial charge in [0.2, 0.25) is 0 Å². The Morgan fingerprint density at radius 3 is 2.32 bits per heavy atom. The van der Waals surface area contributed by atoms with Crippen molar-refractivity contribution in [1.82, 2.24) is 0 Å². The van der Waals surface area contributed by atoms with Crippen LogP contribution >= 0.6 is 23.2 Å². The van der Waals surface area contributed by atoms with E-state index in [0.29, 0.717) is 23.2 Å². The molecule has 0 aliphatic rings. The molecule has 0 spiro atoms. The van der Waals surface area contributed by atoms with Crippen LogP contribution in [0, 0.1) is 0 Å². The van der Waals surface area contributed by atoms with Crippen molar-refractivity contribution in [1.29, 1.82) is 0 Å². The maximum absolute atomic E-state index is 6.11. The lowest BCUT2D eigenvalue weighted by atomic mass is 10.1. The second kappa shape index (κ2) is 6.80. The molecule has 0 saturated heterocycles. The van der Waals surface area contributed by atoms with Gasteiger partial charge in [-0.05, 0) is 23.3 Å². The highest BCUT2D eigenvalue weighted by molar-refractivity contribution is 6.39. The van der Waals surface area contributed by atoms with Crippen LogP contribution in [0.1, 0.15) is 11.1 Å². The lowest BCUT2D eigenvalue weighted by Crippen LogP contribution is -2.01. The van der Waals surface area contributed by atoms with E-state index in [1.807, 2.05) is 30.3 Å². The van der Waals surface area contributed by atoms with Crippen LogP contribution in [0.15, 0.2) is 42.5 Å². The van der Waals surface area contributed by atoms with E-state index < -0.39 is 0 Å². The molecule has 1 N–H and O–H groups in total. The summed E-state index contributed by atoms with van der Waals surface area (Å²) >= 11 is 12.2. The van der Waals surface area contributed by atoms with Crippen LogP contribution in [0.5, 0.6) is 0 Å². The summed E-state index contributed by atoms with van der Waals surface area (Å²) in [6.07, 6.45) is 0. The number of methoxy groups -OCH3 is 1. The van der Waals surface area contributed by atoms with Gasteiger partial charge in [0, 0.05) is 13.7 Å². The highest BCUT2D eigenvalue weighted by Crippen LogP contribution is 2.30. The van der Waals surface area contributed by atoms with E-state index in [1.165, 1.54) is 0 Å². The summed E-state index contributed by atoms with van der Waals surface area (Å²) in [5, 5.41) is 4.51. The predicted octanol–water partition coefficient (Wildman–Crippen LogP) is 4.75. The SMILES string of the molecule is COCc1cccc(CNc2c(Cl)cccc2Cl)c1.